The second kappa shape index (κ2) is 8.56. The minimum atomic E-state index is -0.200. The molecule has 0 bridgehead atoms. The second-order valence-electron chi connectivity index (χ2n) is 6.25. The number of fused-ring (bicyclic) bond motifs is 1. The van der Waals surface area contributed by atoms with E-state index in [9.17, 15) is 9.59 Å². The van der Waals surface area contributed by atoms with E-state index in [1.165, 1.54) is 16.7 Å². The third-order valence-corrected chi connectivity index (χ3v) is 6.16. The summed E-state index contributed by atoms with van der Waals surface area (Å²) in [5.41, 5.74) is 1.52. The predicted molar refractivity (Wildman–Crippen MR) is 120 cm³/mol. The van der Waals surface area contributed by atoms with Crippen molar-refractivity contribution in [2.45, 2.75) is 6.42 Å². The molecule has 0 radical (unpaired) electrons. The van der Waals surface area contributed by atoms with Gasteiger partial charge in [-0.15, -0.1) is 0 Å². The summed E-state index contributed by atoms with van der Waals surface area (Å²) in [4.78, 5) is 26.9. The van der Waals surface area contributed by atoms with Gasteiger partial charge in [-0.3, -0.25) is 14.5 Å². The summed E-state index contributed by atoms with van der Waals surface area (Å²) in [6.07, 6.45) is 1.92. The molecule has 0 unspecified atom stereocenters. The zero-order valence-electron chi connectivity index (χ0n) is 15.0. The van der Waals surface area contributed by atoms with E-state index in [0.29, 0.717) is 26.4 Å². The number of hydrogen-bond donors (Lipinski definition) is 1. The quantitative estimate of drug-likeness (QED) is 0.494. The van der Waals surface area contributed by atoms with Gasteiger partial charge in [0, 0.05) is 23.1 Å². The Hall–Kier alpha value is -2.36. The Bertz CT molecular complexity index is 1020. The number of nitrogens with zero attached hydrogens (tertiary/aromatic N) is 1. The van der Waals surface area contributed by atoms with Crippen LogP contribution in [-0.2, 0) is 9.59 Å². The molecular formula is C20H15BrN2O4S2. The lowest BCUT2D eigenvalue weighted by Gasteiger charge is -2.14. The number of benzene rings is 2. The van der Waals surface area contributed by atoms with Crippen LogP contribution >= 0.6 is 39.9 Å². The van der Waals surface area contributed by atoms with Crippen molar-refractivity contribution in [3.63, 3.8) is 0 Å². The molecule has 4 rings (SSSR count). The molecule has 0 spiro atoms. The zero-order valence-corrected chi connectivity index (χ0v) is 18.2. The normalized spacial score (nSPS) is 16.6. The highest BCUT2D eigenvalue weighted by molar-refractivity contribution is 9.10. The fourth-order valence-electron chi connectivity index (χ4n) is 2.82. The first-order valence-corrected chi connectivity index (χ1v) is 10.7. The molecule has 0 atom stereocenters. The predicted octanol–water partition coefficient (Wildman–Crippen LogP) is 4.41. The largest absolute Gasteiger partial charge is 0.454 e. The molecule has 2 heterocycles. The number of halogens is 1. The highest BCUT2D eigenvalue weighted by Crippen LogP contribution is 2.36. The summed E-state index contributed by atoms with van der Waals surface area (Å²) < 4.78 is 12.0. The number of thiocarbonyl (C=S) groups is 1. The Balaban J connectivity index is 1.38. The summed E-state index contributed by atoms with van der Waals surface area (Å²) in [6, 6.07) is 12.8. The van der Waals surface area contributed by atoms with Gasteiger partial charge in [-0.1, -0.05) is 46.0 Å². The van der Waals surface area contributed by atoms with Crippen molar-refractivity contribution in [3.05, 3.63) is 57.4 Å². The lowest BCUT2D eigenvalue weighted by atomic mass is 10.2. The van der Waals surface area contributed by atoms with Crippen molar-refractivity contribution in [1.82, 2.24) is 4.90 Å². The molecule has 0 aromatic heterocycles. The second-order valence-corrected chi connectivity index (χ2v) is 8.84. The first-order chi connectivity index (χ1) is 14.0. The zero-order chi connectivity index (χ0) is 20.4. The molecule has 2 aliphatic heterocycles. The summed E-state index contributed by atoms with van der Waals surface area (Å²) >= 11 is 9.91. The average molecular weight is 491 g/mol. The van der Waals surface area contributed by atoms with Crippen LogP contribution in [0.15, 0.2) is 51.8 Å². The molecule has 2 aromatic rings. The lowest BCUT2D eigenvalue weighted by Crippen LogP contribution is -2.31. The average Bonchev–Trinajstić information content (AvgIpc) is 3.26. The molecule has 2 aliphatic rings. The Morgan fingerprint density at radius 3 is 2.76 bits per heavy atom. The number of carbonyl (C=O) groups is 2. The molecule has 1 N–H and O–H groups in total. The van der Waals surface area contributed by atoms with Gasteiger partial charge in [-0.25, -0.2) is 0 Å². The molecule has 0 aliphatic carbocycles. The van der Waals surface area contributed by atoms with Gasteiger partial charge in [-0.2, -0.15) is 0 Å². The Labute approximate surface area is 185 Å². The van der Waals surface area contributed by atoms with Crippen molar-refractivity contribution in [3.8, 4) is 11.5 Å². The maximum Gasteiger partial charge on any atom is 0.266 e. The van der Waals surface area contributed by atoms with Crippen molar-refractivity contribution >= 4 is 67.8 Å². The van der Waals surface area contributed by atoms with E-state index in [0.717, 1.165) is 10.0 Å². The number of thioether (sulfide) groups is 1. The fraction of sp³-hybridized carbons (Fsp3) is 0.150. The summed E-state index contributed by atoms with van der Waals surface area (Å²) in [6.45, 7) is 0.425. The van der Waals surface area contributed by atoms with Crippen LogP contribution in [0, 0.1) is 0 Å². The minimum absolute atomic E-state index is 0.153. The van der Waals surface area contributed by atoms with Crippen molar-refractivity contribution in [2.24, 2.45) is 0 Å². The van der Waals surface area contributed by atoms with Crippen molar-refractivity contribution < 1.29 is 19.1 Å². The first kappa shape index (κ1) is 19.9. The van der Waals surface area contributed by atoms with Crippen LogP contribution in [-0.4, -0.2) is 34.4 Å². The van der Waals surface area contributed by atoms with E-state index in [-0.39, 0.29) is 31.6 Å². The Kier molecular flexibility index (Phi) is 5.89. The van der Waals surface area contributed by atoms with E-state index in [4.69, 9.17) is 21.7 Å². The highest BCUT2D eigenvalue weighted by atomic mass is 79.9. The summed E-state index contributed by atoms with van der Waals surface area (Å²) in [5, 5.41) is 2.81. The van der Waals surface area contributed by atoms with Crippen LogP contribution in [0.3, 0.4) is 0 Å². The maximum atomic E-state index is 12.7. The van der Waals surface area contributed by atoms with Gasteiger partial charge in [0.15, 0.2) is 11.5 Å². The number of rotatable bonds is 5. The molecule has 9 heteroatoms. The molecule has 6 nitrogen and oxygen atoms in total. The Morgan fingerprint density at radius 2 is 1.97 bits per heavy atom. The van der Waals surface area contributed by atoms with Gasteiger partial charge >= 0.3 is 0 Å². The SMILES string of the molecule is O=C(CCN1C(=O)/C(=C/c2ccc3c(c2)OCO3)SC1=S)Nc1ccc(Br)cc1. The molecule has 0 saturated carbocycles. The van der Waals surface area contributed by atoms with Crippen LogP contribution in [0.1, 0.15) is 12.0 Å². The number of nitrogens with one attached hydrogen (secondary N) is 1. The van der Waals surface area contributed by atoms with Gasteiger partial charge in [-0.05, 0) is 48.0 Å². The van der Waals surface area contributed by atoms with E-state index < -0.39 is 0 Å². The highest BCUT2D eigenvalue weighted by Gasteiger charge is 2.32. The van der Waals surface area contributed by atoms with Gasteiger partial charge in [0.2, 0.25) is 12.7 Å². The third-order valence-electron chi connectivity index (χ3n) is 4.26. The van der Waals surface area contributed by atoms with Crippen LogP contribution in [0.5, 0.6) is 11.5 Å². The van der Waals surface area contributed by atoms with E-state index >= 15 is 0 Å². The molecule has 2 amide bonds. The minimum Gasteiger partial charge on any atom is -0.454 e. The van der Waals surface area contributed by atoms with Crippen LogP contribution in [0.25, 0.3) is 6.08 Å². The van der Waals surface area contributed by atoms with E-state index in [1.54, 1.807) is 24.3 Å². The third kappa shape index (κ3) is 4.63. The fourth-order valence-corrected chi connectivity index (χ4v) is 4.39. The number of hydrogen-bond acceptors (Lipinski definition) is 6. The number of ether oxygens (including phenoxy) is 2. The molecule has 2 aromatic carbocycles. The smallest absolute Gasteiger partial charge is 0.266 e. The monoisotopic (exact) mass is 490 g/mol. The summed E-state index contributed by atoms with van der Waals surface area (Å²) in [7, 11) is 0. The van der Waals surface area contributed by atoms with Gasteiger partial charge < -0.3 is 14.8 Å². The standard InChI is InChI=1S/C20H15BrN2O4S2/c21-13-2-4-14(5-3-13)22-18(24)7-8-23-19(25)17(29-20(23)28)10-12-1-6-15-16(9-12)27-11-26-15/h1-6,9-10H,7-8,11H2,(H,22,24)/b17-10-. The molecule has 29 heavy (non-hydrogen) atoms. The molecule has 148 valence electrons. The molecule has 1 fully saturated rings. The number of carbonyl (C=O) groups excluding carboxylic acids is 2. The maximum absolute atomic E-state index is 12.7. The topological polar surface area (TPSA) is 67.9 Å². The van der Waals surface area contributed by atoms with E-state index in [1.807, 2.05) is 24.3 Å². The summed E-state index contributed by atoms with van der Waals surface area (Å²) in [5.74, 6) is 0.959. The molecule has 1 saturated heterocycles. The van der Waals surface area contributed by atoms with Gasteiger partial charge in [0.1, 0.15) is 4.32 Å². The molecular weight excluding hydrogens is 476 g/mol. The lowest BCUT2D eigenvalue weighted by molar-refractivity contribution is -0.122. The number of amides is 2. The van der Waals surface area contributed by atoms with Crippen LogP contribution in [0.4, 0.5) is 5.69 Å². The Morgan fingerprint density at radius 1 is 1.21 bits per heavy atom. The van der Waals surface area contributed by atoms with Gasteiger partial charge in [0.25, 0.3) is 5.91 Å². The van der Waals surface area contributed by atoms with Crippen LogP contribution < -0.4 is 14.8 Å². The number of anilines is 1. The van der Waals surface area contributed by atoms with Crippen LogP contribution in [0.2, 0.25) is 0 Å². The first-order valence-electron chi connectivity index (χ1n) is 8.70. The van der Waals surface area contributed by atoms with Crippen molar-refractivity contribution in [2.75, 3.05) is 18.7 Å². The van der Waals surface area contributed by atoms with Crippen molar-refractivity contribution in [1.29, 1.82) is 0 Å². The van der Waals surface area contributed by atoms with Gasteiger partial charge in [0.05, 0.1) is 4.91 Å². The van der Waals surface area contributed by atoms with E-state index in [2.05, 4.69) is 21.2 Å².